The van der Waals surface area contributed by atoms with Crippen molar-refractivity contribution in [2.45, 2.75) is 167 Å². The van der Waals surface area contributed by atoms with Crippen molar-refractivity contribution in [3.8, 4) is 34.5 Å². The Balaban J connectivity index is 1.51. The van der Waals surface area contributed by atoms with Crippen LogP contribution in [0.25, 0.3) is 32.9 Å². The number of hydrogen-bond donors (Lipinski definition) is 1. The molecule has 7 rings (SSSR count). The van der Waals surface area contributed by atoms with Gasteiger partial charge in [-0.2, -0.15) is 9.97 Å². The lowest BCUT2D eigenvalue weighted by atomic mass is 9.95. The molecule has 354 valence electrons. The maximum absolute atomic E-state index is 18.3. The number of nitrogens with one attached hydrogen (secondary N) is 1. The molecule has 0 spiro atoms. The molecule has 3 aliphatic rings. The van der Waals surface area contributed by atoms with Crippen LogP contribution >= 0.6 is 0 Å². The summed E-state index contributed by atoms with van der Waals surface area (Å²) in [5.74, 6) is 3.56. The highest BCUT2D eigenvalue weighted by Crippen LogP contribution is 2.47. The number of hydrazine groups is 1. The fourth-order valence-corrected chi connectivity index (χ4v) is 22.6. The summed E-state index contributed by atoms with van der Waals surface area (Å²) in [4.78, 5) is 15.2. The van der Waals surface area contributed by atoms with Crippen molar-refractivity contribution in [3.05, 3.63) is 47.2 Å². The molecule has 2 atom stereocenters. The van der Waals surface area contributed by atoms with Gasteiger partial charge in [0.1, 0.15) is 37.0 Å². The number of fused-ring (bicyclic) bond motifs is 3. The molecule has 0 radical (unpaired) electrons. The van der Waals surface area contributed by atoms with Crippen LogP contribution in [0.2, 0.25) is 33.2 Å². The summed E-state index contributed by atoms with van der Waals surface area (Å²) >= 11 is 0. The van der Waals surface area contributed by atoms with Crippen molar-refractivity contribution in [1.29, 1.82) is 0 Å². The van der Waals surface area contributed by atoms with Crippen LogP contribution in [0.5, 0.6) is 11.8 Å². The first-order valence-electron chi connectivity index (χ1n) is 24.8. The minimum atomic E-state index is -2.51. The molecule has 65 heavy (non-hydrogen) atoms. The third-order valence-corrected chi connectivity index (χ3v) is 27.5. The fourth-order valence-electron chi connectivity index (χ4n) is 12.1. The molecule has 0 unspecified atom stereocenters. The van der Waals surface area contributed by atoms with E-state index >= 15 is 8.78 Å². The molecule has 2 aromatic carbocycles. The first-order chi connectivity index (χ1) is 30.9. The molecule has 2 fully saturated rings. The number of aromatic nitrogens is 3. The topological polar surface area (TPSA) is 75.6 Å². The summed E-state index contributed by atoms with van der Waals surface area (Å²) in [6, 6.07) is 7.23. The van der Waals surface area contributed by atoms with E-state index in [0.29, 0.717) is 81.5 Å². The highest BCUT2D eigenvalue weighted by atomic mass is 28.4. The number of hydrogen-bond acceptors (Lipinski definition) is 8. The molecular weight excluding hydrogens is 854 g/mol. The number of rotatable bonds is 12. The van der Waals surface area contributed by atoms with E-state index in [0.717, 1.165) is 51.7 Å². The summed E-state index contributed by atoms with van der Waals surface area (Å²) in [6.45, 7) is 30.5. The Labute approximate surface area is 389 Å². The SMILES string of the molecule is CC(C)[Si](C#Cc1c(F)ccc2cc(O[Si](C(C)C)(C(C)C)C(C)C)cc(-c3nc4c5c(nc(OC[C@@H]6CCCNC[C@H](F)C6)nc5c3F)N3CCCCCN3CC4)c12)(C(C)C)C(C)C. The number of nitrogens with zero attached hydrogens (tertiary/aromatic N) is 5. The second-order valence-electron chi connectivity index (χ2n) is 21.1. The second-order valence-corrected chi connectivity index (χ2v) is 32.0. The Kier molecular flexibility index (Phi) is 15.3. The normalized spacial score (nSPS) is 19.2. The summed E-state index contributed by atoms with van der Waals surface area (Å²) in [5, 5.41) is 9.47. The summed E-state index contributed by atoms with van der Waals surface area (Å²) < 4.78 is 63.7. The standard InChI is InChI=1S/C52H75F3N6O2Si2/c1-32(2)64(33(3)4,34(5)6)26-21-42-44(54)19-18-39-28-41(63-65(35(7)8,36(9)10)37(11)12)29-43(46(39)42)49-48(55)50-47-45(57-49)20-25-60-23-14-13-15-24-61(60)51(47)59-52(58-50)62-31-38-17-16-22-56-30-40(53)27-38/h18-19,28-29,32-38,40,56H,13-17,20,22-25,27,30-31H2,1-12H3/t38-,40-/m1/s1. The van der Waals surface area contributed by atoms with Gasteiger partial charge in [0.15, 0.2) is 11.6 Å². The van der Waals surface area contributed by atoms with Gasteiger partial charge in [0, 0.05) is 43.5 Å². The van der Waals surface area contributed by atoms with Crippen molar-refractivity contribution < 1.29 is 22.3 Å². The van der Waals surface area contributed by atoms with Crippen molar-refractivity contribution >= 4 is 43.9 Å². The predicted octanol–water partition coefficient (Wildman–Crippen LogP) is 13.1. The van der Waals surface area contributed by atoms with E-state index in [2.05, 4.69) is 110 Å². The zero-order chi connectivity index (χ0) is 47.0. The lowest BCUT2D eigenvalue weighted by Crippen LogP contribution is -2.50. The van der Waals surface area contributed by atoms with Gasteiger partial charge in [-0.1, -0.05) is 101 Å². The Morgan fingerprint density at radius 1 is 0.800 bits per heavy atom. The number of benzene rings is 2. The first-order valence-corrected chi connectivity index (χ1v) is 29.2. The average Bonchev–Trinajstić information content (AvgIpc) is 3.56. The molecule has 2 aromatic heterocycles. The Hall–Kier alpha value is -3.71. The molecule has 0 amide bonds. The highest BCUT2D eigenvalue weighted by molar-refractivity contribution is 6.90. The summed E-state index contributed by atoms with van der Waals surface area (Å²) in [6.07, 6.45) is 4.73. The molecule has 0 saturated carbocycles. The number of pyridine rings is 1. The van der Waals surface area contributed by atoms with Crippen LogP contribution in [-0.2, 0) is 6.42 Å². The molecule has 3 aliphatic heterocycles. The predicted molar refractivity (Wildman–Crippen MR) is 267 cm³/mol. The highest BCUT2D eigenvalue weighted by Gasteiger charge is 2.47. The number of alkyl halides is 1. The van der Waals surface area contributed by atoms with Crippen LogP contribution in [0.3, 0.4) is 0 Å². The quantitative estimate of drug-likeness (QED) is 0.111. The molecule has 0 bridgehead atoms. The Morgan fingerprint density at radius 3 is 2.17 bits per heavy atom. The van der Waals surface area contributed by atoms with Gasteiger partial charge in [-0.25, -0.2) is 23.2 Å². The lowest BCUT2D eigenvalue weighted by molar-refractivity contribution is 0.166. The van der Waals surface area contributed by atoms with E-state index in [1.165, 1.54) is 6.07 Å². The molecule has 2 saturated heterocycles. The van der Waals surface area contributed by atoms with Gasteiger partial charge >= 0.3 is 6.01 Å². The van der Waals surface area contributed by atoms with Crippen LogP contribution in [0, 0.1) is 29.0 Å². The summed E-state index contributed by atoms with van der Waals surface area (Å²) in [7, 11) is -4.83. The number of halogens is 3. The molecule has 13 heteroatoms. The lowest BCUT2D eigenvalue weighted by Gasteiger charge is -2.42. The maximum Gasteiger partial charge on any atom is 0.319 e. The Morgan fingerprint density at radius 2 is 1.49 bits per heavy atom. The van der Waals surface area contributed by atoms with Gasteiger partial charge in [-0.15, -0.1) is 5.54 Å². The van der Waals surface area contributed by atoms with Gasteiger partial charge in [-0.05, 0) is 101 Å². The van der Waals surface area contributed by atoms with E-state index in [9.17, 15) is 4.39 Å². The smallest absolute Gasteiger partial charge is 0.319 e. The maximum atomic E-state index is 18.3. The monoisotopic (exact) mass is 929 g/mol. The van der Waals surface area contributed by atoms with Crippen molar-refractivity contribution in [1.82, 2.24) is 25.3 Å². The van der Waals surface area contributed by atoms with E-state index in [1.807, 2.05) is 12.1 Å². The van der Waals surface area contributed by atoms with E-state index in [4.69, 9.17) is 24.1 Å². The molecule has 5 heterocycles. The van der Waals surface area contributed by atoms with Crippen LogP contribution in [0.1, 0.15) is 133 Å². The largest absolute Gasteiger partial charge is 0.543 e. The molecule has 0 aliphatic carbocycles. The molecular formula is C52H75F3N6O2Si2. The molecule has 4 aromatic rings. The van der Waals surface area contributed by atoms with Gasteiger partial charge < -0.3 is 14.5 Å². The molecule has 8 nitrogen and oxygen atoms in total. The van der Waals surface area contributed by atoms with E-state index in [1.54, 1.807) is 6.07 Å². The third kappa shape index (κ3) is 9.57. The van der Waals surface area contributed by atoms with Crippen molar-refractivity contribution in [2.75, 3.05) is 44.3 Å². The first kappa shape index (κ1) is 49.2. The van der Waals surface area contributed by atoms with Gasteiger partial charge in [0.25, 0.3) is 8.32 Å². The second kappa shape index (κ2) is 20.3. The number of anilines is 1. The van der Waals surface area contributed by atoms with Crippen LogP contribution in [0.15, 0.2) is 24.3 Å². The van der Waals surface area contributed by atoms with Crippen molar-refractivity contribution in [3.63, 3.8) is 0 Å². The van der Waals surface area contributed by atoms with Gasteiger partial charge in [-0.3, -0.25) is 5.01 Å². The minimum Gasteiger partial charge on any atom is -0.543 e. The Bertz CT molecular complexity index is 2350. The zero-order valence-electron chi connectivity index (χ0n) is 41.3. The van der Waals surface area contributed by atoms with E-state index < -0.39 is 34.2 Å². The number of ether oxygens (including phenoxy) is 1. The van der Waals surface area contributed by atoms with E-state index in [-0.39, 0.29) is 51.9 Å². The average molecular weight is 929 g/mol. The third-order valence-electron chi connectivity index (χ3n) is 15.2. The van der Waals surface area contributed by atoms with Gasteiger partial charge in [0.05, 0.1) is 23.3 Å². The van der Waals surface area contributed by atoms with Gasteiger partial charge in [0.2, 0.25) is 0 Å². The van der Waals surface area contributed by atoms with Crippen LogP contribution in [0.4, 0.5) is 19.0 Å². The fraction of sp³-hybridized carbons (Fsp3) is 0.635. The minimum absolute atomic E-state index is 0.0285. The van der Waals surface area contributed by atoms with Crippen LogP contribution < -0.4 is 19.5 Å². The zero-order valence-corrected chi connectivity index (χ0v) is 43.3. The summed E-state index contributed by atoms with van der Waals surface area (Å²) in [5.41, 5.74) is 7.18. The van der Waals surface area contributed by atoms with Crippen LogP contribution in [-0.4, -0.2) is 81.9 Å². The molecule has 1 N–H and O–H groups in total. The van der Waals surface area contributed by atoms with Crippen molar-refractivity contribution in [2.24, 2.45) is 5.92 Å².